The number of primary amides is 1. The van der Waals surface area contributed by atoms with Gasteiger partial charge in [0.2, 0.25) is 76.8 Å². The van der Waals surface area contributed by atoms with Gasteiger partial charge in [-0.2, -0.15) is 0 Å². The molecule has 34 heteroatoms. The molecule has 0 bridgehead atoms. The van der Waals surface area contributed by atoms with E-state index in [1.165, 1.54) is 92.9 Å². The van der Waals surface area contributed by atoms with Crippen LogP contribution < -0.4 is 97.8 Å². The lowest BCUT2D eigenvalue weighted by molar-refractivity contribution is -0.135. The third kappa shape index (κ3) is 55.3. The zero-order valence-corrected chi connectivity index (χ0v) is 67.3. The van der Waals surface area contributed by atoms with Crippen molar-refractivity contribution in [2.45, 2.75) is 305 Å². The highest BCUT2D eigenvalue weighted by Gasteiger charge is 2.34. The van der Waals surface area contributed by atoms with E-state index in [2.05, 4.69) is 76.0 Å². The van der Waals surface area contributed by atoms with Crippen LogP contribution in [0.5, 0.6) is 0 Å². The Hall–Kier alpha value is -7.79. The van der Waals surface area contributed by atoms with Crippen LogP contribution in [0.2, 0.25) is 0 Å². The first-order valence-electron chi connectivity index (χ1n) is 38.2. The maximum atomic E-state index is 13.3. The summed E-state index contributed by atoms with van der Waals surface area (Å²) in [5.74, 6) is -6.60. The van der Waals surface area contributed by atoms with Gasteiger partial charge in [-0.15, -0.1) is 0 Å². The molecule has 0 spiro atoms. The summed E-state index contributed by atoms with van der Waals surface area (Å²) in [7, 11) is 1.56. The maximum Gasteiger partial charge on any atom is 0.245 e. The minimum absolute atomic E-state index is 0.0169. The second-order valence-electron chi connectivity index (χ2n) is 28.0. The molecule has 1 unspecified atom stereocenters. The van der Waals surface area contributed by atoms with Crippen LogP contribution in [-0.2, 0) is 71.9 Å². The van der Waals surface area contributed by atoms with Gasteiger partial charge < -0.3 is 103 Å². The number of ketones is 2. The van der Waals surface area contributed by atoms with Crippen molar-refractivity contribution >= 4 is 88.4 Å². The molecular weight excluding hydrogens is 1380 g/mol. The Bertz CT molecular complexity index is 2630. The zero-order chi connectivity index (χ0) is 82.7. The average molecular weight is 1530 g/mol. The fraction of sp³-hybridized carbons (Fsp3) is 0.795. The van der Waals surface area contributed by atoms with Gasteiger partial charge in [0.1, 0.15) is 54.1 Å². The van der Waals surface area contributed by atoms with E-state index in [9.17, 15) is 77.0 Å². The molecular formula is C73H142N18O16. The molecule has 0 heterocycles. The summed E-state index contributed by atoms with van der Waals surface area (Å²) in [6.45, 7) is 26.9. The summed E-state index contributed by atoms with van der Waals surface area (Å²) in [6, 6.07) is -9.30. The largest absolute Gasteiger partial charge is 0.394 e. The van der Waals surface area contributed by atoms with Gasteiger partial charge in [-0.1, -0.05) is 113 Å². The van der Waals surface area contributed by atoms with Crippen molar-refractivity contribution in [3.05, 3.63) is 0 Å². The second kappa shape index (κ2) is 64.2. The summed E-state index contributed by atoms with van der Waals surface area (Å²) >= 11 is 0. The molecule has 0 aliphatic carbocycles. The van der Waals surface area contributed by atoms with Gasteiger partial charge in [-0.3, -0.25) is 71.9 Å². The molecule has 0 aromatic carbocycles. The molecule has 0 fully saturated rings. The first-order valence-corrected chi connectivity index (χ1v) is 38.2. The smallest absolute Gasteiger partial charge is 0.245 e. The van der Waals surface area contributed by atoms with Crippen molar-refractivity contribution in [2.75, 3.05) is 52.9 Å². The van der Waals surface area contributed by atoms with Gasteiger partial charge in [0, 0.05) is 25.9 Å². The van der Waals surface area contributed by atoms with Crippen LogP contribution in [0.25, 0.3) is 0 Å². The molecule has 0 aromatic heterocycles. The lowest BCUT2D eigenvalue weighted by atomic mass is 9.98. The van der Waals surface area contributed by atoms with E-state index in [4.69, 9.17) is 28.7 Å². The van der Waals surface area contributed by atoms with Crippen LogP contribution in [0.1, 0.15) is 239 Å². The number of likely N-dealkylation sites (N-methyl/N-ethyl adjacent to an activating group) is 1. The number of aliphatic hydroxyl groups is 1. The van der Waals surface area contributed by atoms with Crippen molar-refractivity contribution in [3.8, 4) is 0 Å². The van der Waals surface area contributed by atoms with Gasteiger partial charge >= 0.3 is 0 Å². The standard InChI is InChI=1S/C25H50N8O6.C24H46N6O5.C18H35N3O3.C6H11NO2/c1-17(35)18(9-3-6-12-26)31-23(37)19(10-4-7-13-27)32-24(38)20(11-5-8-14-28)33-25(39)21(16-34)30-22(36)15-29-2;1-11(2)15(8)26-23(34)18(12(3)4)30-24(35)19(13(5)6)29-22(33)17(10)28-21(32)16(9)27-20(31)14(7)25;1-3-4-5-6-7-8-9-10-11-12-13-20-17(23)14-16(18(19)24)21-15(2)22;1-3-6(9)7-4-5(2)8/h18-21,29,34H,3-16,26-28H2,1-2H3,(H,30,36)(H,31,37)(H,32,38)(H,33,39);11-19H,25H2,1-10H3,(H,26,34)(H,27,31)(H,28,32)(H,29,33)(H,30,35);16H,3-14H2,1-2H3,(H2,19,24)(H,20,23)(H,21,22);3-4H2,1-2H3,(H,7,9)/t18-,19-,20-,21-;14-,15+,16-,17-,18-,19?;16-;/m000./s1. The molecule has 11 atom stereocenters. The first-order chi connectivity index (χ1) is 50.3. The molecule has 0 aromatic rings. The van der Waals surface area contributed by atoms with Crippen molar-refractivity contribution in [3.63, 3.8) is 0 Å². The highest BCUT2D eigenvalue weighted by molar-refractivity contribution is 5.97. The molecule has 0 radical (unpaired) electrons. The number of rotatable bonds is 54. The Labute approximate surface area is 636 Å². The molecule has 34 nitrogen and oxygen atoms in total. The average Bonchev–Trinajstić information content (AvgIpc) is 0.860. The van der Waals surface area contributed by atoms with E-state index in [1.807, 2.05) is 34.6 Å². The van der Waals surface area contributed by atoms with E-state index in [0.29, 0.717) is 77.5 Å². The molecule has 107 heavy (non-hydrogen) atoms. The molecule has 0 saturated carbocycles. The van der Waals surface area contributed by atoms with Crippen LogP contribution in [0, 0.1) is 17.8 Å². The lowest BCUT2D eigenvalue weighted by Crippen LogP contribution is -2.60. The van der Waals surface area contributed by atoms with Gasteiger partial charge in [-0.25, -0.2) is 0 Å². The number of hydrogen-bond donors (Lipinski definition) is 19. The second-order valence-corrected chi connectivity index (χ2v) is 28.0. The van der Waals surface area contributed by atoms with Crippen LogP contribution in [0.3, 0.4) is 0 Å². The third-order valence-corrected chi connectivity index (χ3v) is 16.7. The van der Waals surface area contributed by atoms with E-state index >= 15 is 0 Å². The number of carbonyl (C=O) groups is 15. The van der Waals surface area contributed by atoms with Gasteiger partial charge in [0.25, 0.3) is 0 Å². The van der Waals surface area contributed by atoms with Crippen LogP contribution in [-0.4, -0.2) is 213 Å². The Kier molecular flexibility index (Phi) is 63.4. The molecule has 13 amide bonds. The molecule has 620 valence electrons. The summed E-state index contributed by atoms with van der Waals surface area (Å²) in [4.78, 5) is 180. The van der Waals surface area contributed by atoms with Gasteiger partial charge in [0.15, 0.2) is 5.78 Å². The highest BCUT2D eigenvalue weighted by Crippen LogP contribution is 2.13. The van der Waals surface area contributed by atoms with Crippen molar-refractivity contribution in [1.29, 1.82) is 0 Å². The topological polar surface area (TPSA) is 563 Å². The predicted octanol–water partition coefficient (Wildman–Crippen LogP) is -0.596. The number of nitrogens with two attached hydrogens (primary N) is 5. The minimum atomic E-state index is -1.26. The Morgan fingerprint density at radius 2 is 0.794 bits per heavy atom. The number of carbonyl (C=O) groups excluding carboxylic acids is 15. The summed E-state index contributed by atoms with van der Waals surface area (Å²) in [6.07, 6.45) is 17.4. The molecule has 24 N–H and O–H groups in total. The molecule has 0 rings (SSSR count). The van der Waals surface area contributed by atoms with Gasteiger partial charge in [-0.05, 0) is 150 Å². The SMILES string of the molecule is CC(C)C(NC(=O)[C@H](C)NC(=O)[C@H](C)NC(=O)[C@H](C)N)C(=O)N[C@H](C(=O)N[C@H](C)C(C)C)C(C)C.CCC(=O)NCC(C)=O.CCCCCCCCCCCCNC(=O)C[C@H](NC(C)=O)C(N)=O.CNCC(=O)N[C@@H](CO)C(=O)N[C@@H](CCCCN)C(=O)N[C@@H](CCCCN)C(=O)N[C@@H](CCCCN)C(C)=O. The van der Waals surface area contributed by atoms with E-state index in [-0.39, 0.29) is 91.3 Å². The van der Waals surface area contributed by atoms with Crippen LogP contribution >= 0.6 is 0 Å². The predicted molar refractivity (Wildman–Crippen MR) is 413 cm³/mol. The maximum absolute atomic E-state index is 13.3. The fourth-order valence-corrected chi connectivity index (χ4v) is 9.61. The fourth-order valence-electron chi connectivity index (χ4n) is 9.61. The Morgan fingerprint density at radius 1 is 0.383 bits per heavy atom. The summed E-state index contributed by atoms with van der Waals surface area (Å²) in [5, 5.41) is 43.6. The third-order valence-electron chi connectivity index (χ3n) is 16.7. The van der Waals surface area contributed by atoms with E-state index < -0.39 is 120 Å². The molecule has 0 aliphatic heterocycles. The van der Waals surface area contributed by atoms with E-state index in [0.717, 1.165) is 12.8 Å². The van der Waals surface area contributed by atoms with E-state index in [1.54, 1.807) is 27.8 Å². The van der Waals surface area contributed by atoms with Crippen molar-refractivity contribution in [2.24, 2.45) is 46.4 Å². The first kappa shape index (κ1) is 106. The number of nitrogens with one attached hydrogen (secondary N) is 13. The van der Waals surface area contributed by atoms with Crippen LogP contribution in [0.15, 0.2) is 0 Å². The normalized spacial score (nSPS) is 13.9. The summed E-state index contributed by atoms with van der Waals surface area (Å²) < 4.78 is 0. The molecule has 0 aliphatic rings. The van der Waals surface area contributed by atoms with Gasteiger partial charge in [0.05, 0.1) is 38.2 Å². The van der Waals surface area contributed by atoms with Crippen LogP contribution in [0.4, 0.5) is 0 Å². The number of Topliss-reactive ketones (excluding diaryl/α,β-unsaturated/α-hetero) is 2. The number of unbranched alkanes of at least 4 members (excludes halogenated alkanes) is 12. The number of amides is 13. The molecule has 0 saturated heterocycles. The highest BCUT2D eigenvalue weighted by atomic mass is 16.3. The monoisotopic (exact) mass is 1530 g/mol. The quantitative estimate of drug-likeness (QED) is 0.0338. The Morgan fingerprint density at radius 3 is 1.18 bits per heavy atom. The Balaban J connectivity index is -0.000000716. The summed E-state index contributed by atoms with van der Waals surface area (Å²) in [5.41, 5.74) is 27.3. The zero-order valence-electron chi connectivity index (χ0n) is 67.3. The number of aliphatic hydroxyl groups excluding tert-OH is 1. The number of hydrogen-bond acceptors (Lipinski definition) is 21. The minimum Gasteiger partial charge on any atom is -0.394 e. The lowest BCUT2D eigenvalue weighted by Gasteiger charge is -2.29. The van der Waals surface area contributed by atoms with Crippen molar-refractivity contribution in [1.82, 2.24) is 69.1 Å². The van der Waals surface area contributed by atoms with Crippen molar-refractivity contribution < 1.29 is 77.0 Å².